The Bertz CT molecular complexity index is 1210. The molecule has 0 spiro atoms. The summed E-state index contributed by atoms with van der Waals surface area (Å²) in [4.78, 5) is 78.6. The number of rotatable bonds is 3. The summed E-state index contributed by atoms with van der Waals surface area (Å²) >= 11 is 0. The first-order valence-electron chi connectivity index (χ1n) is 10.6. The van der Waals surface area contributed by atoms with Gasteiger partial charge in [-0.15, -0.1) is 0 Å². The van der Waals surface area contributed by atoms with Crippen LogP contribution in [0, 0.1) is 29.5 Å². The second-order valence-electron chi connectivity index (χ2n) is 9.20. The van der Waals surface area contributed by atoms with E-state index in [9.17, 15) is 43.4 Å². The highest BCUT2D eigenvalue weighted by Gasteiger charge is 2.73. The first kappa shape index (κ1) is 24.4. The molecule has 3 aliphatic carbocycles. The van der Waals surface area contributed by atoms with Crippen molar-refractivity contribution in [3.05, 3.63) is 29.1 Å². The van der Waals surface area contributed by atoms with Crippen LogP contribution in [0.5, 0.6) is 5.75 Å². The minimum absolute atomic E-state index is 0.266. The molecule has 12 nitrogen and oxygen atoms in total. The number of phenolic OH excluding ortho intramolecular Hbond substituents is 1. The van der Waals surface area contributed by atoms with Gasteiger partial charge in [0.1, 0.15) is 17.7 Å². The second kappa shape index (κ2) is 7.92. The first-order valence-corrected chi connectivity index (χ1v) is 10.6. The van der Waals surface area contributed by atoms with Gasteiger partial charge in [0.05, 0.1) is 23.4 Å². The number of fused-ring (bicyclic) bond motifs is 3. The Labute approximate surface area is 197 Å². The SMILES string of the molecule is CN(C)[C@@H]1C(=O)C(C(N)=O)C(=O)[C@@]2(O)C(=O)C3C(=O)c4c(O)ccc(F)c4C[C@H]3[C@H](OC(N)=O)[C@@H]12. The molecule has 4 rings (SSSR count). The van der Waals surface area contributed by atoms with Gasteiger partial charge in [0.15, 0.2) is 34.7 Å². The number of carbonyl (C=O) groups excluding carboxylic acids is 6. The Morgan fingerprint density at radius 2 is 1.77 bits per heavy atom. The molecule has 1 aromatic carbocycles. The smallest absolute Gasteiger partial charge is 0.404 e. The zero-order valence-corrected chi connectivity index (χ0v) is 18.6. The molecule has 13 heteroatoms. The quantitative estimate of drug-likeness (QED) is 0.345. The third-order valence-electron chi connectivity index (χ3n) is 7.19. The fourth-order valence-corrected chi connectivity index (χ4v) is 5.84. The molecule has 2 fully saturated rings. The monoisotopic (exact) mass is 491 g/mol. The molecule has 0 saturated heterocycles. The highest BCUT2D eigenvalue weighted by atomic mass is 19.1. The van der Waals surface area contributed by atoms with Gasteiger partial charge in [-0.05, 0) is 32.6 Å². The number of hydrogen-bond acceptors (Lipinski definition) is 10. The van der Waals surface area contributed by atoms with Crippen LogP contribution in [0.1, 0.15) is 15.9 Å². The van der Waals surface area contributed by atoms with Crippen molar-refractivity contribution in [1.82, 2.24) is 4.90 Å². The Morgan fingerprint density at radius 3 is 2.31 bits per heavy atom. The molecule has 0 bridgehead atoms. The van der Waals surface area contributed by atoms with E-state index in [1.54, 1.807) is 0 Å². The number of primary amides is 2. The predicted octanol–water partition coefficient (Wildman–Crippen LogP) is -1.92. The lowest BCUT2D eigenvalue weighted by molar-refractivity contribution is -0.195. The number of aliphatic hydroxyl groups is 1. The van der Waals surface area contributed by atoms with Gasteiger partial charge in [-0.3, -0.25) is 28.9 Å². The van der Waals surface area contributed by atoms with Gasteiger partial charge in [-0.2, -0.15) is 0 Å². The summed E-state index contributed by atoms with van der Waals surface area (Å²) in [7, 11) is 2.71. The van der Waals surface area contributed by atoms with E-state index in [4.69, 9.17) is 16.2 Å². The van der Waals surface area contributed by atoms with E-state index in [0.717, 1.165) is 12.1 Å². The fraction of sp³-hybridized carbons (Fsp3) is 0.455. The Balaban J connectivity index is 2.00. The minimum atomic E-state index is -3.15. The van der Waals surface area contributed by atoms with Crippen LogP contribution in [-0.2, 0) is 30.3 Å². The van der Waals surface area contributed by atoms with Gasteiger partial charge in [0, 0.05) is 11.5 Å². The van der Waals surface area contributed by atoms with Crippen LogP contribution in [0.15, 0.2) is 12.1 Å². The molecule has 0 aliphatic heterocycles. The van der Waals surface area contributed by atoms with Gasteiger partial charge in [0.2, 0.25) is 5.91 Å². The van der Waals surface area contributed by atoms with Crippen molar-refractivity contribution in [2.75, 3.05) is 14.1 Å². The van der Waals surface area contributed by atoms with E-state index < -0.39 is 100 Å². The van der Waals surface area contributed by atoms with Crippen molar-refractivity contribution < 1.29 is 48.1 Å². The number of nitrogens with zero attached hydrogens (tertiary/aromatic N) is 1. The number of ketones is 4. The maximum absolute atomic E-state index is 14.6. The number of halogens is 1. The van der Waals surface area contributed by atoms with E-state index >= 15 is 0 Å². The molecule has 186 valence electrons. The molecule has 35 heavy (non-hydrogen) atoms. The van der Waals surface area contributed by atoms with Crippen LogP contribution in [0.3, 0.4) is 0 Å². The number of amides is 2. The summed E-state index contributed by atoms with van der Waals surface area (Å²) in [5.74, 6) is -15.2. The molecule has 2 unspecified atom stereocenters. The summed E-state index contributed by atoms with van der Waals surface area (Å²) in [6.07, 6.45) is -3.54. The van der Waals surface area contributed by atoms with Crippen molar-refractivity contribution in [1.29, 1.82) is 0 Å². The van der Waals surface area contributed by atoms with Gasteiger partial charge < -0.3 is 26.4 Å². The topological polar surface area (TPSA) is 207 Å². The lowest BCUT2D eigenvalue weighted by Gasteiger charge is -2.55. The summed E-state index contributed by atoms with van der Waals surface area (Å²) in [5, 5.41) is 21.8. The number of hydrogen-bond donors (Lipinski definition) is 4. The molecule has 7 atom stereocenters. The number of ether oxygens (including phenoxy) is 1. The minimum Gasteiger partial charge on any atom is -0.507 e. The largest absolute Gasteiger partial charge is 0.507 e. The predicted molar refractivity (Wildman–Crippen MR) is 111 cm³/mol. The maximum atomic E-state index is 14.6. The number of likely N-dealkylation sites (N-methyl/N-ethyl adjacent to an activating group) is 1. The summed E-state index contributed by atoms with van der Waals surface area (Å²) in [5.41, 5.74) is 6.51. The number of benzene rings is 1. The van der Waals surface area contributed by atoms with Gasteiger partial charge in [-0.25, -0.2) is 9.18 Å². The average molecular weight is 491 g/mol. The van der Waals surface area contributed by atoms with Crippen molar-refractivity contribution in [2.24, 2.45) is 35.1 Å². The van der Waals surface area contributed by atoms with E-state index in [-0.39, 0.29) is 5.56 Å². The number of carbonyl (C=O) groups is 6. The number of phenols is 1. The van der Waals surface area contributed by atoms with Gasteiger partial charge in [0.25, 0.3) is 0 Å². The summed E-state index contributed by atoms with van der Waals surface area (Å²) in [6.45, 7) is 0. The van der Waals surface area contributed by atoms with E-state index in [1.807, 2.05) is 0 Å². The molecule has 0 radical (unpaired) electrons. The molecule has 6 N–H and O–H groups in total. The number of aromatic hydroxyl groups is 1. The lowest BCUT2D eigenvalue weighted by Crippen LogP contribution is -2.78. The molecule has 0 aromatic heterocycles. The van der Waals surface area contributed by atoms with Crippen LogP contribution in [0.25, 0.3) is 0 Å². The van der Waals surface area contributed by atoms with Crippen LogP contribution in [0.2, 0.25) is 0 Å². The van der Waals surface area contributed by atoms with Crippen molar-refractivity contribution in [3.8, 4) is 5.75 Å². The Hall–Kier alpha value is -3.71. The molecule has 0 heterocycles. The number of nitrogens with two attached hydrogens (primary N) is 2. The first-order chi connectivity index (χ1) is 16.2. The third-order valence-corrected chi connectivity index (χ3v) is 7.19. The van der Waals surface area contributed by atoms with Crippen molar-refractivity contribution in [2.45, 2.75) is 24.2 Å². The van der Waals surface area contributed by atoms with Crippen LogP contribution in [-0.4, -0.2) is 82.1 Å². The van der Waals surface area contributed by atoms with Crippen LogP contribution < -0.4 is 11.5 Å². The average Bonchev–Trinajstić information content (AvgIpc) is 2.75. The zero-order valence-electron chi connectivity index (χ0n) is 18.6. The van der Waals surface area contributed by atoms with E-state index in [2.05, 4.69) is 0 Å². The normalized spacial score (nSPS) is 34.2. The lowest BCUT2D eigenvalue weighted by atomic mass is 9.51. The van der Waals surface area contributed by atoms with Crippen LogP contribution >= 0.6 is 0 Å². The van der Waals surface area contributed by atoms with Gasteiger partial charge in [-0.1, -0.05) is 0 Å². The third kappa shape index (κ3) is 3.18. The summed E-state index contributed by atoms with van der Waals surface area (Å²) < 4.78 is 19.8. The number of Topliss-reactive ketones (excluding diaryl/α,β-unsaturated/α-hetero) is 4. The zero-order chi connectivity index (χ0) is 26.1. The summed E-state index contributed by atoms with van der Waals surface area (Å²) in [6, 6.07) is 0.264. The highest BCUT2D eigenvalue weighted by molar-refractivity contribution is 6.32. The standard InChI is InChI=1S/C22H22FN3O9/c1-26(2)14-13-17(35-21(25)33)7-5-6-8(23)3-4-9(27)10(6)15(28)11(7)18(30)22(13,34)19(31)12(16(14)29)20(24)32/h3-4,7,11-14,17,27,34H,5H2,1-2H3,(H2,24,32)(H2,25,33)/t7-,11?,12?,13-,14+,17+,22+/m1/s1. The van der Waals surface area contributed by atoms with E-state index in [1.165, 1.54) is 19.0 Å². The fourth-order valence-electron chi connectivity index (χ4n) is 5.84. The molecular formula is C22H22FN3O9. The van der Waals surface area contributed by atoms with Crippen molar-refractivity contribution >= 4 is 35.1 Å². The Kier molecular flexibility index (Phi) is 5.52. The second-order valence-corrected chi connectivity index (χ2v) is 9.20. The molecule has 2 amide bonds. The highest BCUT2D eigenvalue weighted by Crippen LogP contribution is 2.52. The van der Waals surface area contributed by atoms with Crippen molar-refractivity contribution in [3.63, 3.8) is 0 Å². The maximum Gasteiger partial charge on any atom is 0.404 e. The Morgan fingerprint density at radius 1 is 1.14 bits per heavy atom. The molecule has 1 aromatic rings. The molecule has 3 aliphatic rings. The van der Waals surface area contributed by atoms with Crippen LogP contribution in [0.4, 0.5) is 9.18 Å². The molecular weight excluding hydrogens is 469 g/mol. The van der Waals surface area contributed by atoms with Gasteiger partial charge >= 0.3 is 6.09 Å². The van der Waals surface area contributed by atoms with E-state index in [0.29, 0.717) is 0 Å². The molecule has 2 saturated carbocycles.